The van der Waals surface area contributed by atoms with Crippen LogP contribution in [0.4, 0.5) is 21.0 Å². The molecule has 1 aliphatic carbocycles. The Balaban J connectivity index is 1.29. The molecular formula is C41H43N5O6. The van der Waals surface area contributed by atoms with Crippen molar-refractivity contribution in [2.75, 3.05) is 10.6 Å². The molecule has 4 aromatic rings. The summed E-state index contributed by atoms with van der Waals surface area (Å²) in [5.74, 6) is -2.17. The van der Waals surface area contributed by atoms with Crippen LogP contribution in [0.5, 0.6) is 0 Å². The Labute approximate surface area is 303 Å². The SMILES string of the molecule is Cc1ccccc1NC(=O)Nc1ccc(CN2C(=O)N([C@H](C(=O)N[C@@H](CC(=O)O)c3ccccc3)c3ccccc3C)C(=O)C23CCCCC3)cc1. The highest BCUT2D eigenvalue weighted by Crippen LogP contribution is 2.45. The second kappa shape index (κ2) is 15.5. The maximum Gasteiger partial charge on any atom is 0.329 e. The third-order valence-electron chi connectivity index (χ3n) is 10.1. The average molecular weight is 702 g/mol. The maximum atomic E-state index is 14.7. The Morgan fingerprint density at radius 2 is 1.40 bits per heavy atom. The molecule has 11 heteroatoms. The van der Waals surface area contributed by atoms with E-state index >= 15 is 0 Å². The number of carboxylic acid groups (broad SMARTS) is 1. The number of benzene rings is 4. The highest BCUT2D eigenvalue weighted by molar-refractivity contribution is 6.10. The Bertz CT molecular complexity index is 1960. The van der Waals surface area contributed by atoms with Crippen molar-refractivity contribution in [3.05, 3.63) is 131 Å². The van der Waals surface area contributed by atoms with Crippen molar-refractivity contribution in [2.24, 2.45) is 0 Å². The maximum absolute atomic E-state index is 14.7. The zero-order valence-corrected chi connectivity index (χ0v) is 29.3. The molecule has 2 atom stereocenters. The van der Waals surface area contributed by atoms with E-state index in [1.54, 1.807) is 59.5 Å². The van der Waals surface area contributed by atoms with E-state index < -0.39 is 47.5 Å². The zero-order chi connectivity index (χ0) is 36.8. The van der Waals surface area contributed by atoms with Crippen molar-refractivity contribution in [1.29, 1.82) is 0 Å². The van der Waals surface area contributed by atoms with Gasteiger partial charge in [0.1, 0.15) is 11.6 Å². The van der Waals surface area contributed by atoms with Gasteiger partial charge in [-0.1, -0.05) is 104 Å². The molecule has 2 aliphatic rings. The number of urea groups is 2. The summed E-state index contributed by atoms with van der Waals surface area (Å²) < 4.78 is 0. The molecule has 268 valence electrons. The monoisotopic (exact) mass is 701 g/mol. The number of imide groups is 1. The molecule has 0 unspecified atom stereocenters. The fraction of sp³-hybridized carbons (Fsp3) is 0.293. The molecule has 0 bridgehead atoms. The van der Waals surface area contributed by atoms with Crippen LogP contribution in [0.3, 0.4) is 0 Å². The summed E-state index contributed by atoms with van der Waals surface area (Å²) >= 11 is 0. The summed E-state index contributed by atoms with van der Waals surface area (Å²) in [7, 11) is 0. The highest BCUT2D eigenvalue weighted by Gasteiger charge is 2.60. The lowest BCUT2D eigenvalue weighted by Crippen LogP contribution is -2.51. The number of hydrogen-bond acceptors (Lipinski definition) is 5. The van der Waals surface area contributed by atoms with Gasteiger partial charge >= 0.3 is 18.0 Å². The fourth-order valence-corrected chi connectivity index (χ4v) is 7.33. The number of nitrogens with zero attached hydrogens (tertiary/aromatic N) is 2. The van der Waals surface area contributed by atoms with Crippen LogP contribution >= 0.6 is 0 Å². The highest BCUT2D eigenvalue weighted by atomic mass is 16.4. The summed E-state index contributed by atoms with van der Waals surface area (Å²) in [6.45, 7) is 3.84. The number of rotatable bonds is 11. The first kappa shape index (κ1) is 35.8. The van der Waals surface area contributed by atoms with Gasteiger partial charge in [-0.2, -0.15) is 0 Å². The van der Waals surface area contributed by atoms with Gasteiger partial charge in [0.05, 0.1) is 12.5 Å². The quantitative estimate of drug-likeness (QED) is 0.119. The molecule has 1 aliphatic heterocycles. The molecule has 1 spiro atoms. The predicted octanol–water partition coefficient (Wildman–Crippen LogP) is 7.49. The van der Waals surface area contributed by atoms with Gasteiger partial charge in [-0.3, -0.25) is 14.4 Å². The first-order chi connectivity index (χ1) is 25.1. The molecule has 0 radical (unpaired) electrons. The first-order valence-corrected chi connectivity index (χ1v) is 17.6. The van der Waals surface area contributed by atoms with Crippen LogP contribution < -0.4 is 16.0 Å². The number of amides is 6. The topological polar surface area (TPSA) is 148 Å². The summed E-state index contributed by atoms with van der Waals surface area (Å²) in [5.41, 5.74) is 3.59. The molecule has 1 saturated carbocycles. The first-order valence-electron chi connectivity index (χ1n) is 17.6. The third-order valence-corrected chi connectivity index (χ3v) is 10.1. The van der Waals surface area contributed by atoms with Crippen molar-refractivity contribution in [3.8, 4) is 0 Å². The van der Waals surface area contributed by atoms with E-state index in [9.17, 15) is 29.1 Å². The van der Waals surface area contributed by atoms with Crippen molar-refractivity contribution in [1.82, 2.24) is 15.1 Å². The normalized spacial score (nSPS) is 16.3. The minimum Gasteiger partial charge on any atom is -0.481 e. The molecule has 6 rings (SSSR count). The lowest BCUT2D eigenvalue weighted by atomic mass is 9.80. The lowest BCUT2D eigenvalue weighted by Gasteiger charge is -2.38. The number of para-hydroxylation sites is 1. The largest absolute Gasteiger partial charge is 0.481 e. The molecular weight excluding hydrogens is 658 g/mol. The van der Waals surface area contributed by atoms with Crippen LogP contribution in [0.2, 0.25) is 0 Å². The van der Waals surface area contributed by atoms with Crippen LogP contribution in [0.25, 0.3) is 0 Å². The number of aliphatic carboxylic acids is 1. The summed E-state index contributed by atoms with van der Waals surface area (Å²) in [6.07, 6.45) is 2.96. The molecule has 4 N–H and O–H groups in total. The number of carbonyl (C=O) groups excluding carboxylic acids is 4. The number of carbonyl (C=O) groups is 5. The van der Waals surface area contributed by atoms with Crippen molar-refractivity contribution >= 4 is 41.2 Å². The van der Waals surface area contributed by atoms with E-state index in [1.165, 1.54) is 0 Å². The Kier molecular flexibility index (Phi) is 10.7. The molecule has 6 amide bonds. The standard InChI is InChI=1S/C41H43N5O6/c1-27-13-7-9-17-32(27)36(37(49)43-34(25-35(47)48)30-15-5-3-6-16-30)46-38(50)41(23-11-4-12-24-41)45(40(46)52)26-29-19-21-31(22-20-29)42-39(51)44-33-18-10-8-14-28(33)2/h3,5-10,13-22,34,36H,4,11-12,23-26H2,1-2H3,(H,43,49)(H,47,48)(H2,42,44,51)/t34-,36-/m0/s1. The van der Waals surface area contributed by atoms with Crippen LogP contribution in [0.15, 0.2) is 103 Å². The Morgan fingerprint density at radius 3 is 2.06 bits per heavy atom. The van der Waals surface area contributed by atoms with Gasteiger partial charge in [-0.15, -0.1) is 0 Å². The van der Waals surface area contributed by atoms with E-state index in [0.29, 0.717) is 40.9 Å². The van der Waals surface area contributed by atoms with Gasteiger partial charge in [-0.05, 0) is 72.7 Å². The van der Waals surface area contributed by atoms with E-state index in [0.717, 1.165) is 35.3 Å². The molecule has 1 saturated heterocycles. The predicted molar refractivity (Wildman–Crippen MR) is 197 cm³/mol. The van der Waals surface area contributed by atoms with Crippen molar-refractivity contribution in [3.63, 3.8) is 0 Å². The van der Waals surface area contributed by atoms with E-state index in [1.807, 2.05) is 62.4 Å². The summed E-state index contributed by atoms with van der Waals surface area (Å²) in [4.78, 5) is 71.1. The van der Waals surface area contributed by atoms with Crippen LogP contribution in [0.1, 0.15) is 78.4 Å². The van der Waals surface area contributed by atoms with E-state index in [4.69, 9.17) is 0 Å². The van der Waals surface area contributed by atoms with Crippen molar-refractivity contribution in [2.45, 2.75) is 76.5 Å². The molecule has 0 aromatic heterocycles. The van der Waals surface area contributed by atoms with Crippen LogP contribution in [-0.4, -0.2) is 50.3 Å². The van der Waals surface area contributed by atoms with E-state index in [2.05, 4.69) is 16.0 Å². The molecule has 2 fully saturated rings. The van der Waals surface area contributed by atoms with Gasteiger partial charge in [0.25, 0.3) is 5.91 Å². The van der Waals surface area contributed by atoms with Crippen molar-refractivity contribution < 1.29 is 29.1 Å². The van der Waals surface area contributed by atoms with Gasteiger partial charge in [0.2, 0.25) is 5.91 Å². The minimum absolute atomic E-state index is 0.116. The van der Waals surface area contributed by atoms with Gasteiger partial charge in [0.15, 0.2) is 0 Å². The smallest absolute Gasteiger partial charge is 0.329 e. The van der Waals surface area contributed by atoms with Gasteiger partial charge in [0, 0.05) is 17.9 Å². The average Bonchev–Trinajstić information content (AvgIpc) is 3.31. The fourth-order valence-electron chi connectivity index (χ4n) is 7.33. The Hall–Kier alpha value is -5.97. The number of anilines is 2. The molecule has 1 heterocycles. The minimum atomic E-state index is -1.33. The summed E-state index contributed by atoms with van der Waals surface area (Å²) in [5, 5.41) is 18.3. The molecule has 11 nitrogen and oxygen atoms in total. The number of carboxylic acids is 1. The second-order valence-electron chi connectivity index (χ2n) is 13.6. The van der Waals surface area contributed by atoms with Gasteiger partial charge in [-0.25, -0.2) is 14.5 Å². The lowest BCUT2D eigenvalue weighted by molar-refractivity contribution is -0.142. The number of hydrogen-bond donors (Lipinski definition) is 4. The molecule has 52 heavy (non-hydrogen) atoms. The van der Waals surface area contributed by atoms with Crippen LogP contribution in [-0.2, 0) is 20.9 Å². The number of aryl methyl sites for hydroxylation is 2. The van der Waals surface area contributed by atoms with E-state index in [-0.39, 0.29) is 13.0 Å². The Morgan fingerprint density at radius 1 is 0.769 bits per heavy atom. The third kappa shape index (κ3) is 7.53. The zero-order valence-electron chi connectivity index (χ0n) is 29.3. The van der Waals surface area contributed by atoms with Crippen LogP contribution in [0, 0.1) is 13.8 Å². The van der Waals surface area contributed by atoms with Gasteiger partial charge < -0.3 is 26.0 Å². The number of nitrogens with one attached hydrogen (secondary N) is 3. The second-order valence-corrected chi connectivity index (χ2v) is 13.6. The summed E-state index contributed by atoms with van der Waals surface area (Å²) in [6, 6.07) is 27.3. The molecule has 4 aromatic carbocycles.